The van der Waals surface area contributed by atoms with Gasteiger partial charge in [0.25, 0.3) is 5.91 Å². The van der Waals surface area contributed by atoms with E-state index in [1.807, 2.05) is 67.8 Å². The van der Waals surface area contributed by atoms with Crippen LogP contribution in [0.3, 0.4) is 0 Å². The molecule has 4 heterocycles. The number of amides is 3. The van der Waals surface area contributed by atoms with E-state index in [4.69, 9.17) is 14.2 Å². The minimum atomic E-state index is -0.421. The summed E-state index contributed by atoms with van der Waals surface area (Å²) in [6, 6.07) is 12.9. The van der Waals surface area contributed by atoms with Crippen molar-refractivity contribution in [1.29, 1.82) is 0 Å². The Morgan fingerprint density at radius 1 is 0.980 bits per heavy atom. The molecule has 14 nitrogen and oxygen atoms in total. The van der Waals surface area contributed by atoms with Crippen LogP contribution in [-0.4, -0.2) is 94.5 Å². The lowest BCUT2D eigenvalue weighted by Crippen LogP contribution is -2.41. The summed E-state index contributed by atoms with van der Waals surface area (Å²) in [5, 5.41) is 17.7. The van der Waals surface area contributed by atoms with E-state index >= 15 is 0 Å². The van der Waals surface area contributed by atoms with E-state index in [0.29, 0.717) is 57.2 Å². The number of carbonyl (C=O) groups excluding carboxylic acids is 2. The van der Waals surface area contributed by atoms with E-state index in [1.165, 1.54) is 0 Å². The molecule has 2 aliphatic rings. The number of pyridine rings is 1. The number of hydrogen-bond acceptors (Lipinski definition) is 10. The van der Waals surface area contributed by atoms with Crippen LogP contribution in [0, 0.1) is 0 Å². The predicted molar refractivity (Wildman–Crippen MR) is 192 cm³/mol. The SMILES string of the molecule is COCC(C)(C)c1nnc2ccc(O[C@@H]3CC[C@H](NC(=O)Nc4cc(C(C)(C)C)nc(C(=O)NCCN5CCOCC5)n4)c4ccccc43)cn12. The van der Waals surface area contributed by atoms with Gasteiger partial charge in [0.05, 0.1) is 37.8 Å². The third-order valence-electron chi connectivity index (χ3n) is 9.26. The highest BCUT2D eigenvalue weighted by Crippen LogP contribution is 2.39. The number of carbonyl (C=O) groups is 2. The third kappa shape index (κ3) is 8.63. The molecular weight excluding hydrogens is 650 g/mol. The van der Waals surface area contributed by atoms with Gasteiger partial charge in [-0.25, -0.2) is 14.8 Å². The zero-order valence-corrected chi connectivity index (χ0v) is 30.4. The number of rotatable bonds is 11. The van der Waals surface area contributed by atoms with Crippen molar-refractivity contribution in [2.24, 2.45) is 0 Å². The molecule has 3 N–H and O–H groups in total. The molecule has 0 saturated carbocycles. The molecule has 6 rings (SSSR count). The monoisotopic (exact) mass is 699 g/mol. The van der Waals surface area contributed by atoms with Crippen LogP contribution in [0.1, 0.15) is 92.9 Å². The van der Waals surface area contributed by atoms with Gasteiger partial charge < -0.3 is 24.8 Å². The number of methoxy groups -OCH3 is 1. The Labute approximate surface area is 298 Å². The van der Waals surface area contributed by atoms with Gasteiger partial charge in [0.15, 0.2) is 5.65 Å². The maximum Gasteiger partial charge on any atom is 0.320 e. The molecular formula is C37H49N9O5. The Balaban J connectivity index is 1.13. The Morgan fingerprint density at radius 2 is 1.75 bits per heavy atom. The Hall–Kier alpha value is -4.66. The van der Waals surface area contributed by atoms with Crippen LogP contribution < -0.4 is 20.7 Å². The quantitative estimate of drug-likeness (QED) is 0.203. The van der Waals surface area contributed by atoms with Crippen LogP contribution in [-0.2, 0) is 20.3 Å². The number of hydrogen-bond donors (Lipinski definition) is 3. The minimum Gasteiger partial charge on any atom is -0.484 e. The molecule has 1 aliphatic heterocycles. The van der Waals surface area contributed by atoms with E-state index in [1.54, 1.807) is 13.2 Å². The standard InChI is InChI=1S/C37H49N9O5/c1-36(2,3)29-21-30(41-32(40-29)33(47)38-15-16-45-17-19-50-20-18-45)42-35(48)39-27-12-13-28(26-10-8-7-9-25(26)27)51-24-11-14-31-43-44-34(46(31)22-24)37(4,5)23-49-6/h7-11,14,21-22,27-28H,12-13,15-20,23H2,1-6H3,(H,38,47)(H2,39,40,41,42,48)/t27-,28+/m0/s1. The number of ether oxygens (including phenoxy) is 3. The predicted octanol–water partition coefficient (Wildman–Crippen LogP) is 4.58. The molecule has 1 aliphatic carbocycles. The first-order valence-corrected chi connectivity index (χ1v) is 17.6. The molecule has 0 unspecified atom stereocenters. The number of anilines is 1. The van der Waals surface area contributed by atoms with Crippen LogP contribution in [0.2, 0.25) is 0 Å². The van der Waals surface area contributed by atoms with Gasteiger partial charge in [-0.05, 0) is 36.1 Å². The molecule has 1 aromatic carbocycles. The zero-order chi connectivity index (χ0) is 36.2. The summed E-state index contributed by atoms with van der Waals surface area (Å²) in [5.74, 6) is 1.37. The average Bonchev–Trinajstić information content (AvgIpc) is 3.54. The Morgan fingerprint density at radius 3 is 2.49 bits per heavy atom. The van der Waals surface area contributed by atoms with Gasteiger partial charge in [0, 0.05) is 50.2 Å². The molecule has 0 spiro atoms. The molecule has 51 heavy (non-hydrogen) atoms. The lowest BCUT2D eigenvalue weighted by molar-refractivity contribution is 0.0383. The Bertz CT molecular complexity index is 1850. The highest BCUT2D eigenvalue weighted by molar-refractivity contribution is 5.92. The fourth-order valence-corrected chi connectivity index (χ4v) is 6.55. The van der Waals surface area contributed by atoms with Gasteiger partial charge in [-0.1, -0.05) is 58.9 Å². The second kappa shape index (κ2) is 15.3. The summed E-state index contributed by atoms with van der Waals surface area (Å²) in [5.41, 5.74) is 2.64. The highest BCUT2D eigenvalue weighted by Gasteiger charge is 2.31. The van der Waals surface area contributed by atoms with Crippen LogP contribution >= 0.6 is 0 Å². The van der Waals surface area contributed by atoms with Gasteiger partial charge in [0.2, 0.25) is 5.82 Å². The van der Waals surface area contributed by atoms with Crippen molar-refractivity contribution in [3.05, 3.63) is 77.1 Å². The molecule has 1 fully saturated rings. The molecule has 0 radical (unpaired) electrons. The van der Waals surface area contributed by atoms with Crippen molar-refractivity contribution in [3.8, 4) is 5.75 Å². The summed E-state index contributed by atoms with van der Waals surface area (Å²) in [6.45, 7) is 14.9. The topological polar surface area (TPSA) is 157 Å². The molecule has 4 aromatic rings. The van der Waals surface area contributed by atoms with Crippen LogP contribution in [0.4, 0.5) is 10.6 Å². The summed E-state index contributed by atoms with van der Waals surface area (Å²) in [6.07, 6.45) is 3.05. The van der Waals surface area contributed by atoms with Gasteiger partial charge in [0.1, 0.15) is 23.5 Å². The molecule has 2 atom stereocenters. The molecule has 14 heteroatoms. The molecule has 3 amide bonds. The fraction of sp³-hybridized carbons (Fsp3) is 0.514. The summed E-state index contributed by atoms with van der Waals surface area (Å²) >= 11 is 0. The molecule has 0 bridgehead atoms. The zero-order valence-electron chi connectivity index (χ0n) is 30.4. The molecule has 272 valence electrons. The van der Waals surface area contributed by atoms with Crippen LogP contribution in [0.25, 0.3) is 5.65 Å². The average molecular weight is 700 g/mol. The maximum absolute atomic E-state index is 13.5. The van der Waals surface area contributed by atoms with E-state index in [-0.39, 0.29) is 40.5 Å². The largest absolute Gasteiger partial charge is 0.484 e. The minimum absolute atomic E-state index is 0.0155. The van der Waals surface area contributed by atoms with E-state index in [0.717, 1.165) is 35.7 Å². The van der Waals surface area contributed by atoms with Gasteiger partial charge >= 0.3 is 6.03 Å². The van der Waals surface area contributed by atoms with Crippen molar-refractivity contribution in [1.82, 2.24) is 40.1 Å². The third-order valence-corrected chi connectivity index (χ3v) is 9.26. The van der Waals surface area contributed by atoms with E-state index in [9.17, 15) is 9.59 Å². The highest BCUT2D eigenvalue weighted by atomic mass is 16.5. The van der Waals surface area contributed by atoms with E-state index in [2.05, 4.69) is 54.9 Å². The summed E-state index contributed by atoms with van der Waals surface area (Å²) in [4.78, 5) is 37.8. The summed E-state index contributed by atoms with van der Waals surface area (Å²) < 4.78 is 19.4. The first-order valence-electron chi connectivity index (χ1n) is 17.6. The van der Waals surface area contributed by atoms with Gasteiger partial charge in [-0.2, -0.15) is 0 Å². The number of nitrogens with one attached hydrogen (secondary N) is 3. The normalized spacial score (nSPS) is 18.2. The second-order valence-corrected chi connectivity index (χ2v) is 14.8. The van der Waals surface area contributed by atoms with Gasteiger partial charge in [-0.3, -0.25) is 19.4 Å². The maximum atomic E-state index is 13.5. The van der Waals surface area contributed by atoms with Crippen molar-refractivity contribution in [2.45, 2.75) is 70.4 Å². The van der Waals surface area contributed by atoms with Crippen LogP contribution in [0.5, 0.6) is 5.75 Å². The van der Waals surface area contributed by atoms with Gasteiger partial charge in [-0.15, -0.1) is 10.2 Å². The Kier molecular flexibility index (Phi) is 10.8. The molecule has 3 aromatic heterocycles. The van der Waals surface area contributed by atoms with Crippen molar-refractivity contribution < 1.29 is 23.8 Å². The van der Waals surface area contributed by atoms with Crippen molar-refractivity contribution >= 4 is 23.4 Å². The number of fused-ring (bicyclic) bond motifs is 2. The van der Waals surface area contributed by atoms with E-state index < -0.39 is 6.03 Å². The lowest BCUT2D eigenvalue weighted by Gasteiger charge is -2.32. The number of urea groups is 1. The first-order chi connectivity index (χ1) is 24.4. The van der Waals surface area contributed by atoms with Crippen molar-refractivity contribution in [3.63, 3.8) is 0 Å². The first kappa shape index (κ1) is 36.1. The lowest BCUT2D eigenvalue weighted by atomic mass is 9.85. The fourth-order valence-electron chi connectivity index (χ4n) is 6.55. The molecule has 1 saturated heterocycles. The number of benzene rings is 1. The number of nitrogens with zero attached hydrogens (tertiary/aromatic N) is 6. The summed E-state index contributed by atoms with van der Waals surface area (Å²) in [7, 11) is 1.68. The van der Waals surface area contributed by atoms with Crippen molar-refractivity contribution in [2.75, 3.05) is 58.4 Å². The number of morpholine rings is 1. The number of aromatic nitrogens is 5. The second-order valence-electron chi connectivity index (χ2n) is 14.8. The smallest absolute Gasteiger partial charge is 0.320 e. The van der Waals surface area contributed by atoms with Crippen LogP contribution in [0.15, 0.2) is 48.7 Å².